The molecular weight excluding hydrogens is 270 g/mol. The predicted octanol–water partition coefficient (Wildman–Crippen LogP) is -4.64. The number of hydrogen-bond acceptors (Lipinski definition) is 9. The minimum Gasteiger partial charge on any atom is -0.481 e. The molecule has 0 aromatic rings. The normalized spacial score (nSPS) is 16.3. The first-order valence-corrected chi connectivity index (χ1v) is 4.96. The fraction of sp³-hybridized carbons (Fsp3) is 0.875. The molecule has 114 valence electrons. The second-order valence-electron chi connectivity index (χ2n) is 4.39. The number of rotatable bonds is 6. The average Bonchev–Trinajstić information content (AvgIpc) is 2.11. The maximum Gasteiger partial charge on any atom is 0.452 e. The van der Waals surface area contributed by atoms with Crippen LogP contribution < -0.4 is 0 Å². The van der Waals surface area contributed by atoms with Gasteiger partial charge in [0.2, 0.25) is 0 Å². The van der Waals surface area contributed by atoms with Crippen molar-refractivity contribution < 1.29 is 55.2 Å². The standard InChI is InChI=1S/C8H17NO10/c1-4(3-5(10)11)6(12,13)9(2,7(14,15)16)8(17,18)19/h4,12-19H,3H2,1-2H3/p+1. The molecule has 0 amide bonds. The molecule has 0 aliphatic heterocycles. The molecule has 19 heavy (non-hydrogen) atoms. The molecule has 0 aliphatic carbocycles. The Kier molecular flexibility index (Phi) is 4.67. The molecule has 0 aliphatic rings. The van der Waals surface area contributed by atoms with Gasteiger partial charge in [0, 0.05) is 0 Å². The molecule has 0 saturated heterocycles. The Morgan fingerprint density at radius 2 is 1.32 bits per heavy atom. The Morgan fingerprint density at radius 1 is 1.00 bits per heavy atom. The van der Waals surface area contributed by atoms with Gasteiger partial charge in [-0.2, -0.15) is 0 Å². The van der Waals surface area contributed by atoms with Crippen LogP contribution in [0.4, 0.5) is 0 Å². The van der Waals surface area contributed by atoms with E-state index in [2.05, 4.69) is 0 Å². The summed E-state index contributed by atoms with van der Waals surface area (Å²) in [5.74, 6) is -6.90. The highest BCUT2D eigenvalue weighted by atomic mass is 16.8. The molecule has 0 spiro atoms. The molecule has 0 aromatic heterocycles. The van der Waals surface area contributed by atoms with Crippen LogP contribution in [0.15, 0.2) is 0 Å². The second kappa shape index (κ2) is 4.90. The summed E-state index contributed by atoms with van der Waals surface area (Å²) in [6.07, 6.45) is -9.38. The van der Waals surface area contributed by atoms with Crippen molar-refractivity contribution in [3.05, 3.63) is 0 Å². The van der Waals surface area contributed by atoms with Gasteiger partial charge in [0.1, 0.15) is 0 Å². The van der Waals surface area contributed by atoms with E-state index in [0.717, 1.165) is 6.92 Å². The summed E-state index contributed by atoms with van der Waals surface area (Å²) >= 11 is 0. The van der Waals surface area contributed by atoms with Gasteiger partial charge in [0.25, 0.3) is 0 Å². The molecule has 0 fully saturated rings. The van der Waals surface area contributed by atoms with Crippen LogP contribution in [0.3, 0.4) is 0 Å². The third-order valence-corrected chi connectivity index (χ3v) is 3.00. The number of carboxylic acids is 1. The largest absolute Gasteiger partial charge is 0.481 e. The van der Waals surface area contributed by atoms with E-state index in [4.69, 9.17) is 35.7 Å². The van der Waals surface area contributed by atoms with Crippen molar-refractivity contribution in [2.75, 3.05) is 7.05 Å². The van der Waals surface area contributed by atoms with E-state index in [0.29, 0.717) is 0 Å². The molecule has 0 saturated carbocycles. The monoisotopic (exact) mass is 288 g/mol. The molecule has 1 atom stereocenters. The average molecular weight is 288 g/mol. The first-order chi connectivity index (χ1) is 8.09. The third-order valence-electron chi connectivity index (χ3n) is 3.00. The van der Waals surface area contributed by atoms with Gasteiger partial charge in [-0.25, -0.2) is 0 Å². The van der Waals surface area contributed by atoms with Crippen LogP contribution in [0.25, 0.3) is 0 Å². The maximum absolute atomic E-state index is 10.5. The summed E-state index contributed by atoms with van der Waals surface area (Å²) in [6.45, 7) is 0.891. The number of hydrogen-bond donors (Lipinski definition) is 9. The van der Waals surface area contributed by atoms with Crippen LogP contribution in [-0.2, 0) is 4.79 Å². The van der Waals surface area contributed by atoms with Crippen molar-refractivity contribution in [2.45, 2.75) is 31.4 Å². The van der Waals surface area contributed by atoms with Crippen molar-refractivity contribution in [1.82, 2.24) is 0 Å². The summed E-state index contributed by atoms with van der Waals surface area (Å²) in [7, 11) is 0.262. The predicted molar refractivity (Wildman–Crippen MR) is 53.5 cm³/mol. The quantitative estimate of drug-likeness (QED) is 0.169. The number of aliphatic hydroxyl groups is 8. The van der Waals surface area contributed by atoms with Crippen LogP contribution in [0.5, 0.6) is 0 Å². The summed E-state index contributed by atoms with van der Waals surface area (Å²) in [5.41, 5.74) is 0. The fourth-order valence-electron chi connectivity index (χ4n) is 1.48. The second-order valence-corrected chi connectivity index (χ2v) is 4.39. The summed E-state index contributed by atoms with van der Waals surface area (Å²) in [5, 5.41) is 82.1. The SMILES string of the molecule is CC(CC(=O)O)C(O)(O)[N+](C)(C(O)(O)O)C(O)(O)O. The number of carbonyl (C=O) groups is 1. The Morgan fingerprint density at radius 3 is 1.53 bits per heavy atom. The van der Waals surface area contributed by atoms with E-state index >= 15 is 0 Å². The highest BCUT2D eigenvalue weighted by Gasteiger charge is 2.72. The molecule has 11 nitrogen and oxygen atoms in total. The first kappa shape index (κ1) is 18.1. The van der Waals surface area contributed by atoms with Gasteiger partial charge in [-0.3, -0.25) is 35.4 Å². The Balaban J connectivity index is 5.83. The van der Waals surface area contributed by atoms with Crippen molar-refractivity contribution in [1.29, 1.82) is 0 Å². The molecule has 1 unspecified atom stereocenters. The van der Waals surface area contributed by atoms with Crippen molar-refractivity contribution in [3.8, 4) is 0 Å². The zero-order valence-electron chi connectivity index (χ0n) is 10.2. The van der Waals surface area contributed by atoms with Gasteiger partial charge in [-0.1, -0.05) is 6.92 Å². The zero-order valence-corrected chi connectivity index (χ0v) is 10.2. The molecule has 0 aromatic carbocycles. The highest BCUT2D eigenvalue weighted by Crippen LogP contribution is 2.38. The van der Waals surface area contributed by atoms with Crippen molar-refractivity contribution >= 4 is 5.97 Å². The van der Waals surface area contributed by atoms with E-state index in [1.165, 1.54) is 0 Å². The molecule has 11 heteroatoms. The topological polar surface area (TPSA) is 199 Å². The van der Waals surface area contributed by atoms with Gasteiger partial charge in [-0.15, -0.1) is 4.48 Å². The van der Waals surface area contributed by atoms with Gasteiger partial charge in [0.15, 0.2) is 0 Å². The summed E-state index contributed by atoms with van der Waals surface area (Å²) < 4.78 is -2.73. The van der Waals surface area contributed by atoms with Crippen LogP contribution in [0.1, 0.15) is 13.3 Å². The van der Waals surface area contributed by atoms with Crippen molar-refractivity contribution in [2.24, 2.45) is 5.92 Å². The summed E-state index contributed by atoms with van der Waals surface area (Å²) in [4.78, 5) is 10.5. The van der Waals surface area contributed by atoms with Gasteiger partial charge in [-0.05, 0) is 0 Å². The van der Waals surface area contributed by atoms with Crippen LogP contribution in [-0.4, -0.2) is 81.6 Å². The van der Waals surface area contributed by atoms with E-state index in [1.807, 2.05) is 0 Å². The van der Waals surface area contributed by atoms with E-state index in [-0.39, 0.29) is 7.05 Å². The minimum absolute atomic E-state index is 0.262. The van der Waals surface area contributed by atoms with E-state index < -0.39 is 40.9 Å². The van der Waals surface area contributed by atoms with Crippen molar-refractivity contribution in [3.63, 3.8) is 0 Å². The maximum atomic E-state index is 10.5. The molecule has 0 bridgehead atoms. The number of nitrogens with zero attached hydrogens (tertiary/aromatic N) is 1. The molecule has 9 N–H and O–H groups in total. The molecule has 0 radical (unpaired) electrons. The van der Waals surface area contributed by atoms with E-state index in [9.17, 15) is 15.0 Å². The Hall–Kier alpha value is -0.890. The lowest BCUT2D eigenvalue weighted by atomic mass is 10.0. The lowest BCUT2D eigenvalue weighted by molar-refractivity contribution is -1.19. The van der Waals surface area contributed by atoms with E-state index in [1.54, 1.807) is 0 Å². The highest BCUT2D eigenvalue weighted by molar-refractivity contribution is 5.67. The van der Waals surface area contributed by atoms with Gasteiger partial charge in [0.05, 0.1) is 19.4 Å². The van der Waals surface area contributed by atoms with Crippen LogP contribution >= 0.6 is 0 Å². The number of aliphatic carboxylic acids is 1. The minimum atomic E-state index is -4.21. The van der Waals surface area contributed by atoms with Gasteiger partial charge < -0.3 is 15.3 Å². The number of carboxylic acid groups (broad SMARTS) is 1. The summed E-state index contributed by atoms with van der Waals surface area (Å²) in [6, 6.07) is 0. The number of quaternary nitrogens is 1. The molecular formula is C8H18NO10+. The lowest BCUT2D eigenvalue weighted by Crippen LogP contribution is -2.83. The molecule has 0 heterocycles. The van der Waals surface area contributed by atoms with Crippen LogP contribution in [0.2, 0.25) is 0 Å². The van der Waals surface area contributed by atoms with Gasteiger partial charge >= 0.3 is 24.1 Å². The molecule has 0 rings (SSSR count). The third kappa shape index (κ3) is 3.00. The first-order valence-electron chi connectivity index (χ1n) is 4.96. The zero-order chi connectivity index (χ0) is 15.9. The lowest BCUT2D eigenvalue weighted by Gasteiger charge is -2.50. The van der Waals surface area contributed by atoms with Crippen LogP contribution in [0, 0.1) is 5.92 Å². The Bertz CT molecular complexity index is 326. The fourth-order valence-corrected chi connectivity index (χ4v) is 1.48. The smallest absolute Gasteiger partial charge is 0.452 e. The Labute approximate surface area is 107 Å².